The zero-order chi connectivity index (χ0) is 15.2. The maximum Gasteiger partial charge on any atom is 0.188 e. The second-order valence-electron chi connectivity index (χ2n) is 4.85. The first-order valence-electron chi connectivity index (χ1n) is 6.50. The zero-order valence-electron chi connectivity index (χ0n) is 11.7. The lowest BCUT2D eigenvalue weighted by Gasteiger charge is -2.06. The molecule has 2 aromatic heterocycles. The number of nitrogen functional groups attached to an aromatic ring is 1. The third-order valence-electron chi connectivity index (χ3n) is 3.37. The predicted octanol–water partition coefficient (Wildman–Crippen LogP) is 2.98. The van der Waals surface area contributed by atoms with Gasteiger partial charge in [-0.1, -0.05) is 36.8 Å². The number of aromatic amines is 1. The molecule has 0 saturated heterocycles. The molecule has 3 N–H and O–H groups in total. The number of anilines is 1. The van der Waals surface area contributed by atoms with Gasteiger partial charge >= 0.3 is 0 Å². The average molecular weight is 321 g/mol. The van der Waals surface area contributed by atoms with Crippen LogP contribution in [0.25, 0.3) is 21.3 Å². The maximum absolute atomic E-state index is 12.4. The highest BCUT2D eigenvalue weighted by Crippen LogP contribution is 2.43. The van der Waals surface area contributed by atoms with Crippen LogP contribution in [0.5, 0.6) is 0 Å². The zero-order valence-corrected chi connectivity index (χ0v) is 13.3. The Morgan fingerprint density at radius 2 is 2.14 bits per heavy atom. The monoisotopic (exact) mass is 321 g/mol. The first-order chi connectivity index (χ1) is 9.94. The topological polar surface area (TPSA) is 88.8 Å². The van der Waals surface area contributed by atoms with E-state index in [9.17, 15) is 8.42 Å². The van der Waals surface area contributed by atoms with Crippen LogP contribution < -0.4 is 5.73 Å². The Balaban J connectivity index is 2.43. The quantitative estimate of drug-likeness (QED) is 0.776. The predicted molar refractivity (Wildman–Crippen MR) is 86.3 cm³/mol. The normalized spacial score (nSPS) is 12.1. The summed E-state index contributed by atoms with van der Waals surface area (Å²) in [6.45, 7) is 3.61. The number of thiophene rings is 1. The Hall–Kier alpha value is -1.86. The fraction of sp³-hybridized carbons (Fsp3) is 0.214. The molecule has 0 unspecified atom stereocenters. The number of hydrogen-bond donors (Lipinski definition) is 2. The van der Waals surface area contributed by atoms with Crippen LogP contribution in [-0.2, 0) is 9.84 Å². The van der Waals surface area contributed by atoms with Crippen molar-refractivity contribution in [2.75, 3.05) is 11.5 Å². The van der Waals surface area contributed by atoms with Crippen LogP contribution in [0.2, 0.25) is 0 Å². The van der Waals surface area contributed by atoms with E-state index in [1.807, 2.05) is 31.2 Å². The number of sulfone groups is 1. The van der Waals surface area contributed by atoms with E-state index >= 15 is 0 Å². The lowest BCUT2D eigenvalue weighted by Crippen LogP contribution is -2.03. The summed E-state index contributed by atoms with van der Waals surface area (Å²) in [5.74, 6) is 0.453. The maximum atomic E-state index is 12.4. The van der Waals surface area contributed by atoms with Gasteiger partial charge in [0.15, 0.2) is 9.84 Å². The third-order valence-corrected chi connectivity index (χ3v) is 6.79. The minimum Gasteiger partial charge on any atom is -0.384 e. The minimum absolute atomic E-state index is 0.0541. The fourth-order valence-corrected chi connectivity index (χ4v) is 5.10. The van der Waals surface area contributed by atoms with Gasteiger partial charge in [0.25, 0.3) is 0 Å². The summed E-state index contributed by atoms with van der Waals surface area (Å²) >= 11 is 1.17. The number of rotatable bonds is 3. The second kappa shape index (κ2) is 4.85. The Kier molecular flexibility index (Phi) is 3.26. The average Bonchev–Trinajstić information content (AvgIpc) is 3.00. The highest BCUT2D eigenvalue weighted by Gasteiger charge is 2.26. The van der Waals surface area contributed by atoms with Gasteiger partial charge in [-0.15, -0.1) is 11.3 Å². The molecule has 7 heteroatoms. The summed E-state index contributed by atoms with van der Waals surface area (Å²) in [4.78, 5) is 0.621. The third kappa shape index (κ3) is 2.22. The molecule has 0 radical (unpaired) electrons. The van der Waals surface area contributed by atoms with E-state index in [2.05, 4.69) is 10.2 Å². The van der Waals surface area contributed by atoms with E-state index < -0.39 is 9.84 Å². The SMILES string of the molecule is CCS(=O)(=O)c1sc2n[nH]c(N)c2c1-c1cccc(C)c1. The molecular formula is C14H15N3O2S2. The number of hydrogen-bond acceptors (Lipinski definition) is 5. The summed E-state index contributed by atoms with van der Waals surface area (Å²) in [5, 5.41) is 7.51. The van der Waals surface area contributed by atoms with Gasteiger partial charge in [0.1, 0.15) is 14.9 Å². The van der Waals surface area contributed by atoms with Gasteiger partial charge in [-0.3, -0.25) is 5.10 Å². The number of fused-ring (bicyclic) bond motifs is 1. The summed E-state index contributed by atoms with van der Waals surface area (Å²) in [7, 11) is -3.33. The van der Waals surface area contributed by atoms with Gasteiger partial charge in [-0.05, 0) is 12.5 Å². The Morgan fingerprint density at radius 3 is 2.81 bits per heavy atom. The van der Waals surface area contributed by atoms with Gasteiger partial charge in [0.05, 0.1) is 11.1 Å². The molecule has 5 nitrogen and oxygen atoms in total. The van der Waals surface area contributed by atoms with Gasteiger partial charge < -0.3 is 5.73 Å². The Bertz CT molecular complexity index is 923. The molecule has 0 amide bonds. The standard InChI is InChI=1S/C14H15N3O2S2/c1-3-21(18,19)14-10(9-6-4-5-8(2)7-9)11-12(15)16-17-13(11)20-14/h4-7H,3H2,1-2H3,(H3,15,16,17). The van der Waals surface area contributed by atoms with Crippen LogP contribution in [0.4, 0.5) is 5.82 Å². The number of aromatic nitrogens is 2. The van der Waals surface area contributed by atoms with Crippen molar-refractivity contribution in [3.8, 4) is 11.1 Å². The van der Waals surface area contributed by atoms with Crippen molar-refractivity contribution in [1.82, 2.24) is 10.2 Å². The van der Waals surface area contributed by atoms with Crippen molar-refractivity contribution in [1.29, 1.82) is 0 Å². The van der Waals surface area contributed by atoms with Crippen LogP contribution in [0, 0.1) is 6.92 Å². The molecular weight excluding hydrogens is 306 g/mol. The van der Waals surface area contributed by atoms with Gasteiger partial charge in [0.2, 0.25) is 0 Å². The molecule has 0 fully saturated rings. The van der Waals surface area contributed by atoms with Crippen LogP contribution in [-0.4, -0.2) is 24.4 Å². The summed E-state index contributed by atoms with van der Waals surface area (Å²) in [6.07, 6.45) is 0. The molecule has 0 bridgehead atoms. The summed E-state index contributed by atoms with van der Waals surface area (Å²) in [6, 6.07) is 7.74. The van der Waals surface area contributed by atoms with Crippen LogP contribution in [0.3, 0.4) is 0 Å². The smallest absolute Gasteiger partial charge is 0.188 e. The van der Waals surface area contributed by atoms with Crippen molar-refractivity contribution in [2.45, 2.75) is 18.1 Å². The molecule has 21 heavy (non-hydrogen) atoms. The lowest BCUT2D eigenvalue weighted by molar-refractivity contribution is 0.599. The molecule has 3 rings (SSSR count). The second-order valence-corrected chi connectivity index (χ2v) is 8.33. The number of H-pyrrole nitrogens is 1. The molecule has 3 aromatic rings. The largest absolute Gasteiger partial charge is 0.384 e. The van der Waals surface area contributed by atoms with Crippen molar-refractivity contribution in [2.24, 2.45) is 0 Å². The number of nitrogens with one attached hydrogen (secondary N) is 1. The summed E-state index contributed by atoms with van der Waals surface area (Å²) in [5.41, 5.74) is 8.52. The van der Waals surface area contributed by atoms with Gasteiger partial charge in [-0.25, -0.2) is 8.42 Å². The molecule has 2 heterocycles. The van der Waals surface area contributed by atoms with Gasteiger partial charge in [-0.2, -0.15) is 5.10 Å². The lowest BCUT2D eigenvalue weighted by atomic mass is 10.0. The Morgan fingerprint density at radius 1 is 1.38 bits per heavy atom. The van der Waals surface area contributed by atoms with Crippen molar-refractivity contribution in [3.05, 3.63) is 29.8 Å². The van der Waals surface area contributed by atoms with Gasteiger partial charge in [0, 0.05) is 5.56 Å². The number of aryl methyl sites for hydroxylation is 1. The van der Waals surface area contributed by atoms with E-state index in [-0.39, 0.29) is 5.75 Å². The molecule has 110 valence electrons. The van der Waals surface area contributed by atoms with Crippen molar-refractivity contribution < 1.29 is 8.42 Å². The highest BCUT2D eigenvalue weighted by molar-refractivity contribution is 7.93. The first-order valence-corrected chi connectivity index (χ1v) is 8.97. The van der Waals surface area contributed by atoms with E-state index in [4.69, 9.17) is 5.73 Å². The molecule has 0 saturated carbocycles. The number of nitrogens with zero attached hydrogens (tertiary/aromatic N) is 1. The summed E-state index contributed by atoms with van der Waals surface area (Å²) < 4.78 is 25.1. The molecule has 0 spiro atoms. The van der Waals surface area contributed by atoms with Crippen molar-refractivity contribution in [3.63, 3.8) is 0 Å². The van der Waals surface area contributed by atoms with Crippen LogP contribution >= 0.6 is 11.3 Å². The van der Waals surface area contributed by atoms with E-state index in [0.29, 0.717) is 25.8 Å². The van der Waals surface area contributed by atoms with E-state index in [0.717, 1.165) is 11.1 Å². The van der Waals surface area contributed by atoms with Crippen molar-refractivity contribution >= 4 is 37.2 Å². The van der Waals surface area contributed by atoms with E-state index in [1.165, 1.54) is 11.3 Å². The molecule has 0 atom stereocenters. The molecule has 1 aromatic carbocycles. The minimum atomic E-state index is -3.33. The van der Waals surface area contributed by atoms with E-state index in [1.54, 1.807) is 6.92 Å². The highest BCUT2D eigenvalue weighted by atomic mass is 32.2. The molecule has 0 aliphatic carbocycles. The molecule has 0 aliphatic heterocycles. The Labute approximate surface area is 126 Å². The first kappa shape index (κ1) is 14.1. The number of nitrogens with two attached hydrogens (primary N) is 1. The van der Waals surface area contributed by atoms with Crippen LogP contribution in [0.1, 0.15) is 12.5 Å². The fourth-order valence-electron chi connectivity index (χ4n) is 2.31. The van der Waals surface area contributed by atoms with Crippen LogP contribution in [0.15, 0.2) is 28.5 Å². The molecule has 0 aliphatic rings. The number of benzene rings is 1.